The van der Waals surface area contributed by atoms with E-state index in [1.165, 1.54) is 0 Å². The lowest BCUT2D eigenvalue weighted by Crippen LogP contribution is -2.33. The van der Waals surface area contributed by atoms with Crippen molar-refractivity contribution >= 4 is 5.84 Å². The lowest BCUT2D eigenvalue weighted by molar-refractivity contribution is 0.0574. The van der Waals surface area contributed by atoms with Crippen molar-refractivity contribution in [2.45, 2.75) is 25.4 Å². The molecule has 1 aliphatic rings. The second-order valence-corrected chi connectivity index (χ2v) is 2.31. The van der Waals surface area contributed by atoms with E-state index in [0.717, 1.165) is 25.9 Å². The maximum Gasteiger partial charge on any atom is 0.120 e. The van der Waals surface area contributed by atoms with E-state index in [4.69, 9.17) is 15.9 Å². The topological polar surface area (TPSA) is 59.1 Å². The minimum absolute atomic E-state index is 0.0845. The van der Waals surface area contributed by atoms with E-state index in [0.29, 0.717) is 0 Å². The Morgan fingerprint density at radius 1 is 1.56 bits per heavy atom. The third-order valence-corrected chi connectivity index (χ3v) is 1.53. The molecule has 0 aromatic rings. The second kappa shape index (κ2) is 2.82. The van der Waals surface area contributed by atoms with Crippen molar-refractivity contribution in [2.24, 2.45) is 5.73 Å². The first-order valence-corrected chi connectivity index (χ1v) is 3.26. The van der Waals surface area contributed by atoms with Crippen LogP contribution in [-0.2, 0) is 4.74 Å². The fraction of sp³-hybridized carbons (Fsp3) is 0.833. The minimum atomic E-state index is -0.0845. The van der Waals surface area contributed by atoms with E-state index in [1.807, 2.05) is 0 Å². The fourth-order valence-corrected chi connectivity index (χ4v) is 0.986. The maximum absolute atomic E-state index is 7.04. The van der Waals surface area contributed by atoms with Crippen LogP contribution in [0.4, 0.5) is 0 Å². The Morgan fingerprint density at radius 2 is 2.33 bits per heavy atom. The highest BCUT2D eigenvalue weighted by Crippen LogP contribution is 2.11. The standard InChI is InChI=1S/C6H12N2O/c7-6(8)5-3-1-2-4-9-5/h5H,1-4H2,(H3,7,8). The van der Waals surface area contributed by atoms with Crippen LogP contribution in [-0.4, -0.2) is 18.5 Å². The summed E-state index contributed by atoms with van der Waals surface area (Å²) >= 11 is 0. The number of hydrogen-bond donors (Lipinski definition) is 2. The quantitative estimate of drug-likeness (QED) is 0.399. The molecule has 1 unspecified atom stereocenters. The first-order valence-electron chi connectivity index (χ1n) is 3.26. The molecule has 52 valence electrons. The van der Waals surface area contributed by atoms with Gasteiger partial charge in [-0.1, -0.05) is 0 Å². The number of ether oxygens (including phenoxy) is 1. The summed E-state index contributed by atoms with van der Waals surface area (Å²) in [6.07, 6.45) is 3.10. The van der Waals surface area contributed by atoms with E-state index in [1.54, 1.807) is 0 Å². The minimum Gasteiger partial charge on any atom is -0.385 e. The van der Waals surface area contributed by atoms with E-state index in [9.17, 15) is 0 Å². The predicted octanol–water partition coefficient (Wildman–Crippen LogP) is 0.491. The van der Waals surface area contributed by atoms with Crippen molar-refractivity contribution < 1.29 is 4.74 Å². The molecule has 0 aromatic heterocycles. The van der Waals surface area contributed by atoms with Crippen molar-refractivity contribution in [3.8, 4) is 0 Å². The summed E-state index contributed by atoms with van der Waals surface area (Å²) in [7, 11) is 0. The maximum atomic E-state index is 7.04. The Balaban J connectivity index is 2.31. The van der Waals surface area contributed by atoms with Gasteiger partial charge in [-0.3, -0.25) is 5.41 Å². The molecule has 1 rings (SSSR count). The number of amidine groups is 1. The lowest BCUT2D eigenvalue weighted by Gasteiger charge is -2.20. The number of rotatable bonds is 1. The lowest BCUT2D eigenvalue weighted by atomic mass is 10.1. The first-order chi connectivity index (χ1) is 4.30. The molecular weight excluding hydrogens is 116 g/mol. The predicted molar refractivity (Wildman–Crippen MR) is 35.5 cm³/mol. The Hall–Kier alpha value is -0.570. The van der Waals surface area contributed by atoms with Crippen LogP contribution in [0.25, 0.3) is 0 Å². The van der Waals surface area contributed by atoms with E-state index in [2.05, 4.69) is 0 Å². The van der Waals surface area contributed by atoms with Gasteiger partial charge in [0, 0.05) is 6.61 Å². The summed E-state index contributed by atoms with van der Waals surface area (Å²) in [5.74, 6) is 0.176. The van der Waals surface area contributed by atoms with Gasteiger partial charge in [-0.25, -0.2) is 0 Å². The zero-order chi connectivity index (χ0) is 6.69. The van der Waals surface area contributed by atoms with Crippen LogP contribution < -0.4 is 5.73 Å². The second-order valence-electron chi connectivity index (χ2n) is 2.31. The summed E-state index contributed by atoms with van der Waals surface area (Å²) in [6, 6.07) is 0. The Kier molecular flexibility index (Phi) is 2.05. The molecule has 1 saturated heterocycles. The molecule has 0 saturated carbocycles. The van der Waals surface area contributed by atoms with Gasteiger partial charge in [-0.2, -0.15) is 0 Å². The molecule has 0 radical (unpaired) electrons. The molecule has 1 heterocycles. The molecule has 0 amide bonds. The van der Waals surface area contributed by atoms with Crippen molar-refractivity contribution in [1.82, 2.24) is 0 Å². The molecule has 1 aliphatic heterocycles. The monoisotopic (exact) mass is 128 g/mol. The highest BCUT2D eigenvalue weighted by atomic mass is 16.5. The molecule has 0 bridgehead atoms. The van der Waals surface area contributed by atoms with Crippen LogP contribution in [0.1, 0.15) is 19.3 Å². The first kappa shape index (κ1) is 6.55. The van der Waals surface area contributed by atoms with Gasteiger partial charge in [-0.15, -0.1) is 0 Å². The summed E-state index contributed by atoms with van der Waals surface area (Å²) in [4.78, 5) is 0. The molecule has 3 N–H and O–H groups in total. The van der Waals surface area contributed by atoms with Crippen molar-refractivity contribution in [2.75, 3.05) is 6.61 Å². The van der Waals surface area contributed by atoms with Crippen molar-refractivity contribution in [3.05, 3.63) is 0 Å². The molecule has 0 aromatic carbocycles. The van der Waals surface area contributed by atoms with Gasteiger partial charge < -0.3 is 10.5 Å². The average Bonchev–Trinajstić information content (AvgIpc) is 1.90. The third kappa shape index (κ3) is 1.68. The van der Waals surface area contributed by atoms with Gasteiger partial charge in [0.1, 0.15) is 11.9 Å². The van der Waals surface area contributed by atoms with Gasteiger partial charge >= 0.3 is 0 Å². The van der Waals surface area contributed by atoms with Crippen LogP contribution >= 0.6 is 0 Å². The zero-order valence-electron chi connectivity index (χ0n) is 5.39. The van der Waals surface area contributed by atoms with Gasteiger partial charge in [0.25, 0.3) is 0 Å². The summed E-state index contributed by atoms with van der Waals surface area (Å²) in [5.41, 5.74) is 5.23. The van der Waals surface area contributed by atoms with E-state index < -0.39 is 0 Å². The van der Waals surface area contributed by atoms with E-state index in [-0.39, 0.29) is 11.9 Å². The highest BCUT2D eigenvalue weighted by Gasteiger charge is 2.15. The SMILES string of the molecule is N=C(N)C1CCCCO1. The fourth-order valence-electron chi connectivity index (χ4n) is 0.986. The van der Waals surface area contributed by atoms with Crippen LogP contribution in [0.15, 0.2) is 0 Å². The highest BCUT2D eigenvalue weighted by molar-refractivity contribution is 5.81. The Labute approximate surface area is 54.7 Å². The van der Waals surface area contributed by atoms with Crippen LogP contribution in [0.2, 0.25) is 0 Å². The molecule has 9 heavy (non-hydrogen) atoms. The Morgan fingerprint density at radius 3 is 2.67 bits per heavy atom. The molecule has 0 aliphatic carbocycles. The smallest absolute Gasteiger partial charge is 0.120 e. The largest absolute Gasteiger partial charge is 0.385 e. The van der Waals surface area contributed by atoms with Crippen LogP contribution in [0.5, 0.6) is 0 Å². The molecule has 0 spiro atoms. The number of hydrogen-bond acceptors (Lipinski definition) is 2. The average molecular weight is 128 g/mol. The molecule has 1 fully saturated rings. The van der Waals surface area contributed by atoms with Crippen molar-refractivity contribution in [1.29, 1.82) is 5.41 Å². The third-order valence-electron chi connectivity index (χ3n) is 1.53. The zero-order valence-corrected chi connectivity index (χ0v) is 5.39. The Bertz CT molecular complexity index is 108. The van der Waals surface area contributed by atoms with Gasteiger partial charge in [-0.05, 0) is 19.3 Å². The number of nitrogens with two attached hydrogens (primary N) is 1. The summed E-state index contributed by atoms with van der Waals surface area (Å²) in [6.45, 7) is 0.768. The molecule has 3 nitrogen and oxygen atoms in total. The van der Waals surface area contributed by atoms with E-state index >= 15 is 0 Å². The molecule has 1 atom stereocenters. The van der Waals surface area contributed by atoms with Crippen molar-refractivity contribution in [3.63, 3.8) is 0 Å². The molecule has 3 heteroatoms. The summed E-state index contributed by atoms with van der Waals surface area (Å²) < 4.78 is 5.19. The van der Waals surface area contributed by atoms with Gasteiger partial charge in [0.05, 0.1) is 0 Å². The van der Waals surface area contributed by atoms with Gasteiger partial charge in [0.15, 0.2) is 0 Å². The normalized spacial score (nSPS) is 27.8. The summed E-state index contributed by atoms with van der Waals surface area (Å²) in [5, 5.41) is 7.04. The van der Waals surface area contributed by atoms with Gasteiger partial charge in [0.2, 0.25) is 0 Å². The van der Waals surface area contributed by atoms with Crippen LogP contribution in [0.3, 0.4) is 0 Å². The molecular formula is C6H12N2O. The number of nitrogens with one attached hydrogen (secondary N) is 1. The van der Waals surface area contributed by atoms with Crippen LogP contribution in [0, 0.1) is 5.41 Å².